The van der Waals surface area contributed by atoms with E-state index in [0.717, 1.165) is 53.6 Å². The number of H-pyrrole nitrogens is 2. The number of imidazole rings is 2. The van der Waals surface area contributed by atoms with Gasteiger partial charge in [-0.3, -0.25) is 9.69 Å². The molecule has 4 N–H and O–H groups in total. The van der Waals surface area contributed by atoms with Crippen LogP contribution in [0.1, 0.15) is 101 Å². The first-order valence-electron chi connectivity index (χ1n) is 18.4. The van der Waals surface area contributed by atoms with Gasteiger partial charge in [-0.05, 0) is 83.6 Å². The SMILES string of the molecule is COC(=O)NC(C(=O)N1CCCC1c1ncc(-c2ccc(C#CC#Cc3cnc(C4CCCN4C(=O)O)[nH]3)c(-c3ccc(C(C)(C)C)cc3)c2)[nH]1)C(C)C. The first kappa shape index (κ1) is 37.7. The zero-order valence-electron chi connectivity index (χ0n) is 31.6. The van der Waals surface area contributed by atoms with Crippen LogP contribution in [-0.2, 0) is 14.9 Å². The largest absolute Gasteiger partial charge is 0.465 e. The molecule has 2 aromatic heterocycles. The van der Waals surface area contributed by atoms with E-state index in [9.17, 15) is 19.5 Å². The number of methoxy groups -OCH3 is 1. The van der Waals surface area contributed by atoms with Crippen molar-refractivity contribution in [2.24, 2.45) is 5.92 Å². The van der Waals surface area contributed by atoms with Crippen LogP contribution in [0.4, 0.5) is 9.59 Å². The van der Waals surface area contributed by atoms with E-state index in [4.69, 9.17) is 9.72 Å². The first-order valence-corrected chi connectivity index (χ1v) is 18.4. The van der Waals surface area contributed by atoms with Crippen LogP contribution < -0.4 is 5.32 Å². The molecule has 0 aliphatic carbocycles. The summed E-state index contributed by atoms with van der Waals surface area (Å²) in [6, 6.07) is 13.3. The number of carbonyl (C=O) groups is 3. The number of hydrogen-bond acceptors (Lipinski definition) is 6. The molecule has 0 saturated carbocycles. The maximum atomic E-state index is 13.7. The summed E-state index contributed by atoms with van der Waals surface area (Å²) in [6.07, 6.45) is 4.91. The average molecular weight is 730 g/mol. The summed E-state index contributed by atoms with van der Waals surface area (Å²) in [5.74, 6) is 13.2. The highest BCUT2D eigenvalue weighted by molar-refractivity contribution is 5.86. The molecule has 3 atom stereocenters. The fourth-order valence-corrected chi connectivity index (χ4v) is 7.10. The molecule has 2 aromatic carbocycles. The Morgan fingerprint density at radius 3 is 2.19 bits per heavy atom. The molecule has 3 unspecified atom stereocenters. The van der Waals surface area contributed by atoms with Gasteiger partial charge in [0.05, 0.1) is 37.3 Å². The van der Waals surface area contributed by atoms with Gasteiger partial charge in [0.2, 0.25) is 5.91 Å². The van der Waals surface area contributed by atoms with Crippen molar-refractivity contribution in [3.8, 4) is 46.1 Å². The molecule has 12 heteroatoms. The molecule has 6 rings (SSSR count). The third kappa shape index (κ3) is 8.29. The Morgan fingerprint density at radius 1 is 0.889 bits per heavy atom. The lowest BCUT2D eigenvalue weighted by atomic mass is 9.86. The lowest BCUT2D eigenvalue weighted by molar-refractivity contribution is -0.135. The predicted octanol–water partition coefficient (Wildman–Crippen LogP) is 7.03. The fourth-order valence-electron chi connectivity index (χ4n) is 7.10. The second kappa shape index (κ2) is 15.9. The number of rotatable bonds is 7. The molecular formula is C42H47N7O5. The van der Waals surface area contributed by atoms with E-state index in [-0.39, 0.29) is 29.3 Å². The van der Waals surface area contributed by atoms with Gasteiger partial charge in [0.25, 0.3) is 0 Å². The second-order valence-electron chi connectivity index (χ2n) is 15.1. The third-order valence-electron chi connectivity index (χ3n) is 10.1. The first-order chi connectivity index (χ1) is 25.8. The lowest BCUT2D eigenvalue weighted by Crippen LogP contribution is -2.51. The van der Waals surface area contributed by atoms with Crippen LogP contribution in [0.5, 0.6) is 0 Å². The number of aromatic nitrogens is 4. The number of likely N-dealkylation sites (tertiary alicyclic amines) is 2. The summed E-state index contributed by atoms with van der Waals surface area (Å²) in [4.78, 5) is 56.3. The molecule has 2 saturated heterocycles. The average Bonchev–Trinajstić information content (AvgIpc) is 3.98. The summed E-state index contributed by atoms with van der Waals surface area (Å²) in [5, 5.41) is 12.2. The molecule has 4 aromatic rings. The molecule has 0 radical (unpaired) electrons. The van der Waals surface area contributed by atoms with E-state index in [0.29, 0.717) is 30.4 Å². The highest BCUT2D eigenvalue weighted by Crippen LogP contribution is 2.35. The number of nitrogens with one attached hydrogen (secondary N) is 3. The van der Waals surface area contributed by atoms with Gasteiger partial charge < -0.3 is 30.0 Å². The van der Waals surface area contributed by atoms with Crippen LogP contribution in [-0.4, -0.2) is 79.2 Å². The topological polar surface area (TPSA) is 157 Å². The highest BCUT2D eigenvalue weighted by Gasteiger charge is 2.37. The van der Waals surface area contributed by atoms with E-state index >= 15 is 0 Å². The van der Waals surface area contributed by atoms with E-state index < -0.39 is 18.2 Å². The van der Waals surface area contributed by atoms with Crippen LogP contribution in [0, 0.1) is 29.6 Å². The Hall–Kier alpha value is -6.01. The number of benzene rings is 2. The fraction of sp³-hybridized carbons (Fsp3) is 0.405. The van der Waals surface area contributed by atoms with Crippen LogP contribution in [0.2, 0.25) is 0 Å². The minimum absolute atomic E-state index is 0.00119. The number of nitrogens with zero attached hydrogens (tertiary/aromatic N) is 4. The molecule has 12 nitrogen and oxygen atoms in total. The minimum atomic E-state index is -0.950. The van der Waals surface area contributed by atoms with Gasteiger partial charge in [0.1, 0.15) is 23.4 Å². The van der Waals surface area contributed by atoms with E-state index in [2.05, 4.69) is 95.1 Å². The van der Waals surface area contributed by atoms with Crippen molar-refractivity contribution in [2.45, 2.75) is 83.8 Å². The summed E-state index contributed by atoms with van der Waals surface area (Å²) in [6.45, 7) is 11.4. The van der Waals surface area contributed by atoms with Crippen molar-refractivity contribution in [3.05, 3.63) is 83.3 Å². The minimum Gasteiger partial charge on any atom is -0.465 e. The van der Waals surface area contributed by atoms with E-state index in [1.807, 2.05) is 26.0 Å². The highest BCUT2D eigenvalue weighted by atomic mass is 16.5. The van der Waals surface area contributed by atoms with Gasteiger partial charge in [-0.2, -0.15) is 0 Å². The Balaban J connectivity index is 1.27. The number of carbonyl (C=O) groups excluding carboxylic acids is 2. The molecule has 54 heavy (non-hydrogen) atoms. The second-order valence-corrected chi connectivity index (χ2v) is 15.1. The molecule has 4 heterocycles. The number of alkyl carbamates (subject to hydrolysis) is 1. The van der Waals surface area contributed by atoms with Crippen molar-refractivity contribution < 1.29 is 24.2 Å². The molecule has 2 aliphatic rings. The van der Waals surface area contributed by atoms with Crippen LogP contribution >= 0.6 is 0 Å². The molecule has 2 aliphatic heterocycles. The van der Waals surface area contributed by atoms with Crippen molar-refractivity contribution in [2.75, 3.05) is 20.2 Å². The number of amides is 3. The van der Waals surface area contributed by atoms with Gasteiger partial charge in [0.15, 0.2) is 0 Å². The Labute approximate surface area is 316 Å². The lowest BCUT2D eigenvalue weighted by Gasteiger charge is -2.30. The molecule has 0 bridgehead atoms. The Morgan fingerprint density at radius 2 is 1.52 bits per heavy atom. The Kier molecular flexibility index (Phi) is 11.1. The zero-order chi connectivity index (χ0) is 38.6. The predicted molar refractivity (Wildman–Crippen MR) is 205 cm³/mol. The van der Waals surface area contributed by atoms with Gasteiger partial charge in [-0.1, -0.05) is 70.9 Å². The van der Waals surface area contributed by atoms with Crippen molar-refractivity contribution in [1.82, 2.24) is 35.1 Å². The maximum Gasteiger partial charge on any atom is 0.407 e. The summed E-state index contributed by atoms with van der Waals surface area (Å²) < 4.78 is 4.78. The number of carboxylic acid groups (broad SMARTS) is 1. The van der Waals surface area contributed by atoms with Gasteiger partial charge >= 0.3 is 12.2 Å². The monoisotopic (exact) mass is 729 g/mol. The number of aromatic amines is 2. The van der Waals surface area contributed by atoms with Crippen molar-refractivity contribution in [3.63, 3.8) is 0 Å². The molecular weight excluding hydrogens is 683 g/mol. The molecule has 2 fully saturated rings. The summed E-state index contributed by atoms with van der Waals surface area (Å²) >= 11 is 0. The van der Waals surface area contributed by atoms with Crippen LogP contribution in [0.15, 0.2) is 54.9 Å². The normalized spacial score (nSPS) is 17.4. The van der Waals surface area contributed by atoms with Crippen LogP contribution in [0.25, 0.3) is 22.4 Å². The van der Waals surface area contributed by atoms with Gasteiger partial charge in [0, 0.05) is 24.2 Å². The van der Waals surface area contributed by atoms with E-state index in [1.54, 1.807) is 17.3 Å². The zero-order valence-corrected chi connectivity index (χ0v) is 31.6. The molecule has 280 valence electrons. The third-order valence-corrected chi connectivity index (χ3v) is 10.1. The summed E-state index contributed by atoms with van der Waals surface area (Å²) in [5.41, 5.74) is 6.25. The van der Waals surface area contributed by atoms with Crippen molar-refractivity contribution in [1.29, 1.82) is 0 Å². The quantitative estimate of drug-likeness (QED) is 0.149. The maximum absolute atomic E-state index is 13.7. The molecule has 3 amide bonds. The number of ether oxygens (including phenoxy) is 1. The smallest absolute Gasteiger partial charge is 0.407 e. The van der Waals surface area contributed by atoms with Gasteiger partial charge in [-0.15, -0.1) is 0 Å². The van der Waals surface area contributed by atoms with Crippen LogP contribution in [0.3, 0.4) is 0 Å². The molecule has 0 spiro atoms. The van der Waals surface area contributed by atoms with E-state index in [1.165, 1.54) is 17.6 Å². The Bertz CT molecular complexity index is 2140. The standard InChI is InChI=1S/C42H47N7O5/c1-26(2)36(47-40(51)54-6)39(50)48-21-9-13-34(48)38-44-25-33(46-38)29-16-15-27(32(23-29)28-17-19-30(20-18-28)42(3,4)5)11-7-8-12-31-24-43-37(45-31)35-14-10-22-49(35)41(52)53/h15-20,23-26,34-36H,9-10,13-14,21-22H2,1-6H3,(H,43,45)(H,44,46)(H,47,51)(H,52,53). The number of hydrogen-bond donors (Lipinski definition) is 4. The van der Waals surface area contributed by atoms with Gasteiger partial charge in [-0.25, -0.2) is 19.6 Å². The summed E-state index contributed by atoms with van der Waals surface area (Å²) in [7, 11) is 1.29. The van der Waals surface area contributed by atoms with Crippen molar-refractivity contribution >= 4 is 18.1 Å².